The van der Waals surface area contributed by atoms with Gasteiger partial charge in [0, 0.05) is 19.2 Å². The topological polar surface area (TPSA) is 95.9 Å². The maximum atomic E-state index is 12.7. The number of methoxy groups -OCH3 is 1. The van der Waals surface area contributed by atoms with Crippen molar-refractivity contribution in [3.63, 3.8) is 0 Å². The Morgan fingerprint density at radius 1 is 1.11 bits per heavy atom. The van der Waals surface area contributed by atoms with Crippen molar-refractivity contribution in [3.8, 4) is 5.75 Å². The van der Waals surface area contributed by atoms with Gasteiger partial charge in [-0.2, -0.15) is 0 Å². The van der Waals surface area contributed by atoms with E-state index in [1.807, 2.05) is 0 Å². The number of rotatable bonds is 7. The zero-order valence-corrected chi connectivity index (χ0v) is 15.4. The maximum absolute atomic E-state index is 12.7. The molecule has 0 aromatic heterocycles. The van der Waals surface area contributed by atoms with Crippen LogP contribution in [0.3, 0.4) is 0 Å². The summed E-state index contributed by atoms with van der Waals surface area (Å²) in [4.78, 5) is 37.5. The van der Waals surface area contributed by atoms with Crippen molar-refractivity contribution < 1.29 is 24.2 Å². The summed E-state index contributed by atoms with van der Waals surface area (Å²) < 4.78 is 5.07. The normalized spacial score (nSPS) is 11.4. The van der Waals surface area contributed by atoms with Crippen LogP contribution in [0.1, 0.15) is 27.6 Å². The van der Waals surface area contributed by atoms with Gasteiger partial charge in [-0.3, -0.25) is 14.4 Å². The molecule has 0 aliphatic heterocycles. The fraction of sp³-hybridized carbons (Fsp3) is 0.250. The van der Waals surface area contributed by atoms with Crippen molar-refractivity contribution in [2.45, 2.75) is 6.92 Å². The molecule has 27 heavy (non-hydrogen) atoms. The van der Waals surface area contributed by atoms with E-state index >= 15 is 0 Å². The lowest BCUT2D eigenvalue weighted by Crippen LogP contribution is -2.34. The minimum absolute atomic E-state index is 0.0644. The number of hydrogen-bond acceptors (Lipinski definition) is 4. The molecule has 2 aromatic carbocycles. The number of para-hydroxylation sites is 1. The number of hydrogen-bond donors (Lipinski definition) is 2. The second kappa shape index (κ2) is 8.84. The van der Waals surface area contributed by atoms with Gasteiger partial charge in [-0.1, -0.05) is 19.1 Å². The van der Waals surface area contributed by atoms with Gasteiger partial charge in [0.1, 0.15) is 5.75 Å². The predicted molar refractivity (Wildman–Crippen MR) is 101 cm³/mol. The first-order valence-electron chi connectivity index (χ1n) is 8.36. The van der Waals surface area contributed by atoms with Gasteiger partial charge in [0.05, 0.1) is 24.3 Å². The number of amides is 2. The van der Waals surface area contributed by atoms with Gasteiger partial charge >= 0.3 is 5.97 Å². The molecule has 0 aliphatic carbocycles. The van der Waals surface area contributed by atoms with Crippen LogP contribution in [-0.2, 0) is 4.79 Å². The van der Waals surface area contributed by atoms with Crippen LogP contribution in [0.2, 0.25) is 0 Å². The Bertz CT molecular complexity index is 833. The summed E-state index contributed by atoms with van der Waals surface area (Å²) in [6.07, 6.45) is 0. The molecular formula is C20H22N2O5. The number of benzene rings is 2. The van der Waals surface area contributed by atoms with Crippen molar-refractivity contribution in [2.24, 2.45) is 5.92 Å². The summed E-state index contributed by atoms with van der Waals surface area (Å²) in [5.41, 5.74) is 1.07. The Morgan fingerprint density at radius 3 is 2.33 bits per heavy atom. The molecule has 0 saturated carbocycles. The average Bonchev–Trinajstić information content (AvgIpc) is 2.67. The van der Waals surface area contributed by atoms with Crippen LogP contribution >= 0.6 is 0 Å². The summed E-state index contributed by atoms with van der Waals surface area (Å²) in [5, 5.41) is 11.7. The lowest BCUT2D eigenvalue weighted by molar-refractivity contribution is -0.141. The number of carboxylic acid groups (broad SMARTS) is 1. The molecule has 1 unspecified atom stereocenters. The number of carboxylic acids is 1. The molecule has 7 heteroatoms. The number of nitrogens with zero attached hydrogens (tertiary/aromatic N) is 1. The zero-order chi connectivity index (χ0) is 20.0. The van der Waals surface area contributed by atoms with Crippen molar-refractivity contribution in [1.29, 1.82) is 0 Å². The third-order valence-corrected chi connectivity index (χ3v) is 4.07. The molecule has 0 spiro atoms. The number of ether oxygens (including phenoxy) is 1. The molecule has 2 aromatic rings. The van der Waals surface area contributed by atoms with Crippen LogP contribution in [0, 0.1) is 5.92 Å². The van der Waals surface area contributed by atoms with E-state index in [4.69, 9.17) is 9.84 Å². The van der Waals surface area contributed by atoms with Gasteiger partial charge in [0.15, 0.2) is 0 Å². The van der Waals surface area contributed by atoms with E-state index in [1.54, 1.807) is 55.6 Å². The number of aliphatic carboxylic acids is 1. The summed E-state index contributed by atoms with van der Waals surface area (Å²) in [6, 6.07) is 13.2. The first-order valence-corrected chi connectivity index (χ1v) is 8.36. The number of carbonyl (C=O) groups is 3. The summed E-state index contributed by atoms with van der Waals surface area (Å²) in [6.45, 7) is 1.60. The molecule has 2 rings (SSSR count). The molecule has 0 aliphatic rings. The molecule has 1 atom stereocenters. The first kappa shape index (κ1) is 20.0. The SMILES string of the molecule is COc1ccc(C(=O)Nc2ccccc2C(=O)N(C)CC(C)C(=O)O)cc1. The van der Waals surface area contributed by atoms with Crippen LogP contribution in [0.5, 0.6) is 5.75 Å². The minimum atomic E-state index is -0.976. The van der Waals surface area contributed by atoms with Crippen molar-refractivity contribution in [1.82, 2.24) is 4.90 Å². The van der Waals surface area contributed by atoms with Gasteiger partial charge < -0.3 is 20.1 Å². The highest BCUT2D eigenvalue weighted by Crippen LogP contribution is 2.19. The Labute approximate surface area is 157 Å². The van der Waals surface area contributed by atoms with E-state index in [0.29, 0.717) is 22.6 Å². The minimum Gasteiger partial charge on any atom is -0.497 e. The molecule has 0 bridgehead atoms. The number of anilines is 1. The van der Waals surface area contributed by atoms with Gasteiger partial charge in [-0.15, -0.1) is 0 Å². The largest absolute Gasteiger partial charge is 0.497 e. The van der Waals surface area contributed by atoms with Crippen LogP contribution in [0.25, 0.3) is 0 Å². The average molecular weight is 370 g/mol. The van der Waals surface area contributed by atoms with Crippen LogP contribution < -0.4 is 10.1 Å². The fourth-order valence-corrected chi connectivity index (χ4v) is 2.49. The molecule has 2 N–H and O–H groups in total. The maximum Gasteiger partial charge on any atom is 0.308 e. The summed E-state index contributed by atoms with van der Waals surface area (Å²) in [7, 11) is 3.07. The second-order valence-electron chi connectivity index (χ2n) is 6.15. The summed E-state index contributed by atoms with van der Waals surface area (Å²) in [5.74, 6) is -1.76. The smallest absolute Gasteiger partial charge is 0.308 e. The quantitative estimate of drug-likeness (QED) is 0.781. The Hall–Kier alpha value is -3.35. The van der Waals surface area contributed by atoms with Crippen molar-refractivity contribution in [3.05, 3.63) is 59.7 Å². The van der Waals surface area contributed by atoms with Crippen molar-refractivity contribution in [2.75, 3.05) is 26.0 Å². The molecule has 0 fully saturated rings. The molecular weight excluding hydrogens is 348 g/mol. The van der Waals surface area contributed by atoms with E-state index in [2.05, 4.69) is 5.32 Å². The highest BCUT2D eigenvalue weighted by molar-refractivity contribution is 6.09. The lowest BCUT2D eigenvalue weighted by Gasteiger charge is -2.21. The fourth-order valence-electron chi connectivity index (χ4n) is 2.49. The Balaban J connectivity index is 2.17. The van der Waals surface area contributed by atoms with E-state index < -0.39 is 11.9 Å². The molecule has 0 radical (unpaired) electrons. The highest BCUT2D eigenvalue weighted by atomic mass is 16.5. The van der Waals surface area contributed by atoms with Crippen LogP contribution in [-0.4, -0.2) is 48.5 Å². The van der Waals surface area contributed by atoms with E-state index in [9.17, 15) is 14.4 Å². The predicted octanol–water partition coefficient (Wildman–Crippen LogP) is 2.74. The number of nitrogens with one attached hydrogen (secondary N) is 1. The standard InChI is InChI=1S/C20H22N2O5/c1-13(20(25)26)12-22(2)19(24)16-6-4-5-7-17(16)21-18(23)14-8-10-15(27-3)11-9-14/h4-11,13H,12H2,1-3H3,(H,21,23)(H,25,26). The van der Waals surface area contributed by atoms with E-state index in [1.165, 1.54) is 18.9 Å². The monoisotopic (exact) mass is 370 g/mol. The van der Waals surface area contributed by atoms with Crippen LogP contribution in [0.4, 0.5) is 5.69 Å². The Kier molecular flexibility index (Phi) is 6.54. The molecule has 0 heterocycles. The van der Waals surface area contributed by atoms with Gasteiger partial charge in [0.25, 0.3) is 11.8 Å². The molecule has 2 amide bonds. The third-order valence-electron chi connectivity index (χ3n) is 4.07. The van der Waals surface area contributed by atoms with Crippen molar-refractivity contribution >= 4 is 23.5 Å². The zero-order valence-electron chi connectivity index (χ0n) is 15.4. The van der Waals surface area contributed by atoms with E-state index in [-0.39, 0.29) is 18.4 Å². The third kappa shape index (κ3) is 5.07. The Morgan fingerprint density at radius 2 is 1.74 bits per heavy atom. The highest BCUT2D eigenvalue weighted by Gasteiger charge is 2.21. The van der Waals surface area contributed by atoms with Gasteiger partial charge in [0.2, 0.25) is 0 Å². The molecule has 7 nitrogen and oxygen atoms in total. The summed E-state index contributed by atoms with van der Waals surface area (Å²) >= 11 is 0. The van der Waals surface area contributed by atoms with Crippen LogP contribution in [0.15, 0.2) is 48.5 Å². The number of carbonyl (C=O) groups excluding carboxylic acids is 2. The van der Waals surface area contributed by atoms with Gasteiger partial charge in [-0.05, 0) is 36.4 Å². The molecule has 142 valence electrons. The second-order valence-corrected chi connectivity index (χ2v) is 6.15. The van der Waals surface area contributed by atoms with E-state index in [0.717, 1.165) is 0 Å². The first-order chi connectivity index (χ1) is 12.8. The molecule has 0 saturated heterocycles. The van der Waals surface area contributed by atoms with Gasteiger partial charge in [-0.25, -0.2) is 0 Å². The lowest BCUT2D eigenvalue weighted by atomic mass is 10.1.